The number of carbonyl (C=O) groups is 4. The second-order valence-corrected chi connectivity index (χ2v) is 1.57. The molecule has 0 aromatic carbocycles. The summed E-state index contributed by atoms with van der Waals surface area (Å²) in [4.78, 5) is 41.1. The van der Waals surface area contributed by atoms with E-state index in [9.17, 15) is 19.2 Å². The topological polar surface area (TPSA) is 92.3 Å². The summed E-state index contributed by atoms with van der Waals surface area (Å²) in [6.45, 7) is 0. The summed E-state index contributed by atoms with van der Waals surface area (Å²) >= 11 is 0. The van der Waals surface area contributed by atoms with E-state index in [0.717, 1.165) is 0 Å². The van der Waals surface area contributed by atoms with Crippen LogP contribution in [0.3, 0.4) is 0 Å². The molecule has 0 spiro atoms. The van der Waals surface area contributed by atoms with E-state index < -0.39 is 23.6 Å². The van der Waals surface area contributed by atoms with Gasteiger partial charge >= 0.3 is 50.9 Å². The van der Waals surface area contributed by atoms with E-state index in [2.05, 4.69) is 0 Å². The number of ketones is 1. The maximum absolute atomic E-state index is 10.3. The Morgan fingerprint density at radius 3 is 1.55 bits per heavy atom. The standard InChI is InChI=1S/C4H2N2O4.Pb.2H/c7-1-2(8)5-4(10)6-3(1)9;;;/h(H2,5,6,8,9,10);;;. The average molecular weight is 351 g/mol. The molecule has 11 heavy (non-hydrogen) atoms. The first-order valence-corrected chi connectivity index (χ1v) is 2.32. The van der Waals surface area contributed by atoms with Gasteiger partial charge in [0.05, 0.1) is 0 Å². The summed E-state index contributed by atoms with van der Waals surface area (Å²) < 4.78 is 0. The van der Waals surface area contributed by atoms with Gasteiger partial charge in [-0.2, -0.15) is 0 Å². The van der Waals surface area contributed by atoms with Crippen molar-refractivity contribution < 1.29 is 19.2 Å². The fourth-order valence-corrected chi connectivity index (χ4v) is 0.454. The maximum atomic E-state index is 10.3. The van der Waals surface area contributed by atoms with Crippen molar-refractivity contribution in [2.75, 3.05) is 0 Å². The van der Waals surface area contributed by atoms with E-state index in [-0.39, 0.29) is 27.3 Å². The number of hydrogen-bond donors (Lipinski definition) is 2. The third-order valence-electron chi connectivity index (χ3n) is 0.867. The Balaban J connectivity index is 0.000001000. The van der Waals surface area contributed by atoms with Gasteiger partial charge in [-0.15, -0.1) is 0 Å². The minimum atomic E-state index is -1.25. The molecule has 1 aliphatic heterocycles. The third-order valence-corrected chi connectivity index (χ3v) is 0.867. The number of rotatable bonds is 0. The van der Waals surface area contributed by atoms with Crippen molar-refractivity contribution >= 4 is 50.9 Å². The molecule has 1 aliphatic rings. The molecule has 0 saturated carbocycles. The first-order chi connectivity index (χ1) is 4.61. The van der Waals surface area contributed by atoms with Gasteiger partial charge in [0.1, 0.15) is 0 Å². The van der Waals surface area contributed by atoms with Crippen molar-refractivity contribution in [2.45, 2.75) is 0 Å². The third kappa shape index (κ3) is 2.07. The van der Waals surface area contributed by atoms with Crippen molar-refractivity contribution in [2.24, 2.45) is 0 Å². The number of barbiturate groups is 1. The minimum absolute atomic E-state index is 0. The fourth-order valence-electron chi connectivity index (χ4n) is 0.454. The molecule has 0 unspecified atom stereocenters. The molecule has 2 radical (unpaired) electrons. The molecule has 1 rings (SSSR count). The fraction of sp³-hybridized carbons (Fsp3) is 0. The van der Waals surface area contributed by atoms with Crippen molar-refractivity contribution in [3.8, 4) is 0 Å². The molecule has 0 bridgehead atoms. The van der Waals surface area contributed by atoms with Crippen molar-refractivity contribution in [3.05, 3.63) is 0 Å². The zero-order valence-electron chi connectivity index (χ0n) is 5.34. The van der Waals surface area contributed by atoms with Crippen molar-refractivity contribution in [3.63, 3.8) is 0 Å². The second kappa shape index (κ2) is 3.55. The Hall–Kier alpha value is -0.798. The van der Waals surface area contributed by atoms with E-state index in [1.807, 2.05) is 0 Å². The Morgan fingerprint density at radius 2 is 1.18 bits per heavy atom. The van der Waals surface area contributed by atoms with Gasteiger partial charge in [-0.25, -0.2) is 4.79 Å². The zero-order chi connectivity index (χ0) is 7.72. The van der Waals surface area contributed by atoms with Crippen LogP contribution in [-0.4, -0.2) is 50.9 Å². The van der Waals surface area contributed by atoms with Gasteiger partial charge in [-0.3, -0.25) is 25.0 Å². The predicted octanol–water partition coefficient (Wildman–Crippen LogP) is -2.99. The summed E-state index contributed by atoms with van der Waals surface area (Å²) in [5, 5.41) is 3.20. The summed E-state index contributed by atoms with van der Waals surface area (Å²) in [5.41, 5.74) is 0. The molecule has 1 fully saturated rings. The average Bonchev–Trinajstić information content (AvgIpc) is 1.82. The molecule has 1 heterocycles. The van der Waals surface area contributed by atoms with Gasteiger partial charge in [-0.1, -0.05) is 0 Å². The number of hydrogen-bond acceptors (Lipinski definition) is 4. The van der Waals surface area contributed by atoms with Crippen LogP contribution in [0.15, 0.2) is 0 Å². The Kier molecular flexibility index (Phi) is 3.29. The molecule has 2 N–H and O–H groups in total. The molecule has 0 aromatic rings. The predicted molar refractivity (Wildman–Crippen MR) is 35.2 cm³/mol. The summed E-state index contributed by atoms with van der Waals surface area (Å²) in [5.74, 6) is -3.62. The second-order valence-electron chi connectivity index (χ2n) is 1.57. The number of nitrogens with one attached hydrogen (secondary N) is 2. The van der Waals surface area contributed by atoms with Gasteiger partial charge in [0, 0.05) is 0 Å². The zero-order valence-corrected chi connectivity index (χ0v) is 10.8. The molecular weight excluding hydrogens is 347 g/mol. The van der Waals surface area contributed by atoms with Crippen LogP contribution in [0.2, 0.25) is 0 Å². The van der Waals surface area contributed by atoms with Crippen LogP contribution in [0.4, 0.5) is 4.79 Å². The van der Waals surface area contributed by atoms with E-state index in [0.29, 0.717) is 0 Å². The molecule has 1 saturated heterocycles. The van der Waals surface area contributed by atoms with Gasteiger partial charge in [-0.05, 0) is 0 Å². The van der Waals surface area contributed by atoms with Crippen LogP contribution < -0.4 is 10.6 Å². The van der Waals surface area contributed by atoms with Crippen LogP contribution in [-0.2, 0) is 14.4 Å². The van der Waals surface area contributed by atoms with Crippen LogP contribution in [0.1, 0.15) is 0 Å². The van der Waals surface area contributed by atoms with Crippen LogP contribution in [0, 0.1) is 0 Å². The summed E-state index contributed by atoms with van der Waals surface area (Å²) in [7, 11) is 0. The van der Waals surface area contributed by atoms with Gasteiger partial charge in [0.15, 0.2) is 0 Å². The Labute approximate surface area is 80.9 Å². The number of urea groups is 1. The SMILES string of the molecule is O=C1NC(=O)C(=O)C(=O)N1.[PbH2]. The molecule has 4 amide bonds. The van der Waals surface area contributed by atoms with Crippen molar-refractivity contribution in [1.29, 1.82) is 0 Å². The van der Waals surface area contributed by atoms with Gasteiger partial charge in [0.2, 0.25) is 0 Å². The molecular formula is C4H4N2O4Pb. The number of Topliss-reactive ketones (excluding diaryl/α,β-unsaturated/α-hetero) is 1. The molecule has 58 valence electrons. The van der Waals surface area contributed by atoms with Gasteiger partial charge in [0.25, 0.3) is 0 Å². The Morgan fingerprint density at radius 1 is 0.818 bits per heavy atom. The van der Waals surface area contributed by atoms with Crippen LogP contribution in [0.25, 0.3) is 0 Å². The normalized spacial score (nSPS) is 16.7. The number of amides is 4. The number of imide groups is 2. The van der Waals surface area contributed by atoms with E-state index in [4.69, 9.17) is 0 Å². The van der Waals surface area contributed by atoms with E-state index >= 15 is 0 Å². The molecule has 6 nitrogen and oxygen atoms in total. The summed E-state index contributed by atoms with van der Waals surface area (Å²) in [6, 6.07) is -0.963. The van der Waals surface area contributed by atoms with Crippen LogP contribution >= 0.6 is 0 Å². The van der Waals surface area contributed by atoms with E-state index in [1.54, 1.807) is 10.6 Å². The first kappa shape index (κ1) is 10.2. The Bertz CT molecular complexity index is 226. The first-order valence-electron chi connectivity index (χ1n) is 2.32. The number of carbonyl (C=O) groups excluding carboxylic acids is 4. The van der Waals surface area contributed by atoms with E-state index in [1.165, 1.54) is 0 Å². The van der Waals surface area contributed by atoms with Gasteiger partial charge < -0.3 is 0 Å². The summed E-state index contributed by atoms with van der Waals surface area (Å²) in [6.07, 6.45) is 0. The molecule has 0 atom stereocenters. The molecule has 0 aromatic heterocycles. The van der Waals surface area contributed by atoms with Crippen LogP contribution in [0.5, 0.6) is 0 Å². The molecule has 0 aliphatic carbocycles. The monoisotopic (exact) mass is 352 g/mol. The van der Waals surface area contributed by atoms with Crippen molar-refractivity contribution in [1.82, 2.24) is 10.6 Å². The molecule has 7 heteroatoms. The quantitative estimate of drug-likeness (QED) is 0.360.